The number of nitrogens with one attached hydrogen (secondary N) is 1. The van der Waals surface area contributed by atoms with Crippen molar-refractivity contribution in [3.05, 3.63) is 69.3 Å². The van der Waals surface area contributed by atoms with Crippen molar-refractivity contribution in [2.45, 2.75) is 12.8 Å². The maximum absolute atomic E-state index is 12.3. The molecule has 1 aliphatic heterocycles. The van der Waals surface area contributed by atoms with Gasteiger partial charge in [-0.3, -0.25) is 24.5 Å². The molecule has 0 atom stereocenters. The van der Waals surface area contributed by atoms with Crippen LogP contribution in [0.15, 0.2) is 42.5 Å². The summed E-state index contributed by atoms with van der Waals surface area (Å²) in [5.74, 6) is -0.594. The highest BCUT2D eigenvalue weighted by Gasteiger charge is 2.20. The number of ketones is 1. The number of hydrogen-bond acceptors (Lipinski definition) is 5. The van der Waals surface area contributed by atoms with Gasteiger partial charge in [0.1, 0.15) is 0 Å². The smallest absolute Gasteiger partial charge is 0.270 e. The number of anilines is 1. The van der Waals surface area contributed by atoms with E-state index in [2.05, 4.69) is 5.32 Å². The molecule has 1 heterocycles. The van der Waals surface area contributed by atoms with E-state index in [1.54, 1.807) is 23.1 Å². The molecule has 0 bridgehead atoms. The third kappa shape index (κ3) is 4.00. The van der Waals surface area contributed by atoms with Gasteiger partial charge in [-0.05, 0) is 36.2 Å². The number of hydrogen-bond donors (Lipinski definition) is 1. The first-order valence-corrected chi connectivity index (χ1v) is 8.40. The summed E-state index contributed by atoms with van der Waals surface area (Å²) in [6.45, 7) is 0.730. The van der Waals surface area contributed by atoms with Gasteiger partial charge in [-0.15, -0.1) is 0 Å². The molecule has 2 amide bonds. The number of fused-ring (bicyclic) bond motifs is 1. The first kappa shape index (κ1) is 18.2. The number of nitro benzene ring substituents is 1. The number of rotatable bonds is 7. The van der Waals surface area contributed by atoms with Crippen LogP contribution < -0.4 is 10.2 Å². The molecular weight excluding hydrogens is 350 g/mol. The number of carbonyl (C=O) groups is 3. The molecule has 8 nitrogen and oxygen atoms in total. The minimum Gasteiger partial charge on any atom is -0.352 e. The quantitative estimate of drug-likeness (QED) is 0.349. The molecule has 1 N–H and O–H groups in total. The van der Waals surface area contributed by atoms with E-state index in [1.165, 1.54) is 24.3 Å². The van der Waals surface area contributed by atoms with Crippen LogP contribution in [0.2, 0.25) is 0 Å². The third-order valence-corrected chi connectivity index (χ3v) is 4.42. The Morgan fingerprint density at radius 3 is 2.74 bits per heavy atom. The molecule has 0 saturated carbocycles. The van der Waals surface area contributed by atoms with Crippen molar-refractivity contribution in [1.82, 2.24) is 5.32 Å². The zero-order valence-electron chi connectivity index (χ0n) is 14.4. The molecule has 0 fully saturated rings. The summed E-state index contributed by atoms with van der Waals surface area (Å²) in [5, 5.41) is 13.4. The summed E-state index contributed by atoms with van der Waals surface area (Å²) < 4.78 is 0. The van der Waals surface area contributed by atoms with Gasteiger partial charge in [0, 0.05) is 48.5 Å². The van der Waals surface area contributed by atoms with Gasteiger partial charge in [0.15, 0.2) is 5.78 Å². The molecule has 1 aliphatic rings. The van der Waals surface area contributed by atoms with Crippen molar-refractivity contribution < 1.29 is 19.3 Å². The molecule has 0 saturated heterocycles. The Balaban J connectivity index is 1.57. The molecule has 3 rings (SSSR count). The van der Waals surface area contributed by atoms with Gasteiger partial charge in [0.25, 0.3) is 11.6 Å². The molecule has 27 heavy (non-hydrogen) atoms. The lowest BCUT2D eigenvalue weighted by atomic mass is 10.0. The fourth-order valence-corrected chi connectivity index (χ4v) is 3.01. The second kappa shape index (κ2) is 7.77. The Labute approximate surface area is 154 Å². The second-order valence-electron chi connectivity index (χ2n) is 6.13. The predicted octanol–water partition coefficient (Wildman–Crippen LogP) is 2.12. The van der Waals surface area contributed by atoms with E-state index in [9.17, 15) is 24.5 Å². The summed E-state index contributed by atoms with van der Waals surface area (Å²) in [6.07, 6.45) is 1.59. The molecule has 138 valence electrons. The first-order chi connectivity index (χ1) is 13.0. The van der Waals surface area contributed by atoms with Crippen LogP contribution in [0.1, 0.15) is 32.7 Å². The summed E-state index contributed by atoms with van der Waals surface area (Å²) >= 11 is 0. The predicted molar refractivity (Wildman–Crippen MR) is 97.9 cm³/mol. The van der Waals surface area contributed by atoms with Crippen LogP contribution >= 0.6 is 0 Å². The summed E-state index contributed by atoms with van der Waals surface area (Å²) in [4.78, 5) is 47.2. The highest BCUT2D eigenvalue weighted by atomic mass is 16.6. The number of Topliss-reactive ketones (excluding diaryl/α,β-unsaturated/α-hetero) is 1. The van der Waals surface area contributed by atoms with E-state index in [1.807, 2.05) is 0 Å². The number of nitro groups is 1. The molecule has 8 heteroatoms. The van der Waals surface area contributed by atoms with E-state index in [4.69, 9.17) is 0 Å². The molecule has 0 radical (unpaired) electrons. The van der Waals surface area contributed by atoms with Crippen LogP contribution in [0, 0.1) is 10.1 Å². The van der Waals surface area contributed by atoms with Crippen LogP contribution in [0.5, 0.6) is 0 Å². The summed E-state index contributed by atoms with van der Waals surface area (Å²) in [7, 11) is 0. The number of non-ortho nitro benzene ring substituents is 1. The van der Waals surface area contributed by atoms with E-state index in [0.29, 0.717) is 18.5 Å². The largest absolute Gasteiger partial charge is 0.352 e. The minimum absolute atomic E-state index is 0.108. The number of nitrogens with zero attached hydrogens (tertiary/aromatic N) is 2. The van der Waals surface area contributed by atoms with Crippen molar-refractivity contribution in [3.8, 4) is 0 Å². The molecule has 2 aromatic rings. The zero-order valence-corrected chi connectivity index (χ0v) is 14.4. The maximum Gasteiger partial charge on any atom is 0.270 e. The standard InChI is InChI=1S/C19H17N3O5/c23-12-21-9-7-13-10-14(4-5-17(13)21)18(24)6-8-20-19(25)15-2-1-3-16(11-15)22(26)27/h1-5,10-12H,6-9H2,(H,20,25). The Bertz CT molecular complexity index is 925. The maximum atomic E-state index is 12.3. The van der Waals surface area contributed by atoms with E-state index < -0.39 is 10.8 Å². The van der Waals surface area contributed by atoms with E-state index >= 15 is 0 Å². The summed E-state index contributed by atoms with van der Waals surface area (Å²) in [6, 6.07) is 10.6. The van der Waals surface area contributed by atoms with Crippen LogP contribution in [0.3, 0.4) is 0 Å². The Morgan fingerprint density at radius 1 is 1.19 bits per heavy atom. The Kier molecular flexibility index (Phi) is 5.25. The molecule has 0 unspecified atom stereocenters. The Morgan fingerprint density at radius 2 is 2.00 bits per heavy atom. The highest BCUT2D eigenvalue weighted by molar-refractivity contribution is 5.98. The third-order valence-electron chi connectivity index (χ3n) is 4.42. The van der Waals surface area contributed by atoms with Crippen LogP contribution in [-0.2, 0) is 11.2 Å². The van der Waals surface area contributed by atoms with Crippen molar-refractivity contribution >= 4 is 29.5 Å². The molecule has 0 aliphatic carbocycles. The minimum atomic E-state index is -0.570. The SMILES string of the molecule is O=CN1CCc2cc(C(=O)CCNC(=O)c3cccc([N+](=O)[O-])c3)ccc21. The van der Waals surface area contributed by atoms with Crippen molar-refractivity contribution in [1.29, 1.82) is 0 Å². The topological polar surface area (TPSA) is 110 Å². The normalized spacial score (nSPS) is 12.4. The van der Waals surface area contributed by atoms with Crippen LogP contribution in [0.4, 0.5) is 11.4 Å². The number of carbonyl (C=O) groups excluding carboxylic acids is 3. The molecular formula is C19H17N3O5. The van der Waals surface area contributed by atoms with Gasteiger partial charge in [-0.1, -0.05) is 6.07 Å². The lowest BCUT2D eigenvalue weighted by Gasteiger charge is -2.10. The first-order valence-electron chi connectivity index (χ1n) is 8.40. The van der Waals surface area contributed by atoms with Crippen LogP contribution in [0.25, 0.3) is 0 Å². The molecule has 0 aromatic heterocycles. The van der Waals surface area contributed by atoms with Gasteiger partial charge in [-0.2, -0.15) is 0 Å². The fraction of sp³-hybridized carbons (Fsp3) is 0.211. The van der Waals surface area contributed by atoms with E-state index in [-0.39, 0.29) is 30.0 Å². The lowest BCUT2D eigenvalue weighted by Crippen LogP contribution is -2.26. The monoisotopic (exact) mass is 367 g/mol. The van der Waals surface area contributed by atoms with Gasteiger partial charge >= 0.3 is 0 Å². The Hall–Kier alpha value is -3.55. The summed E-state index contributed by atoms with van der Waals surface area (Å²) in [5.41, 5.74) is 2.31. The van der Waals surface area contributed by atoms with Gasteiger partial charge < -0.3 is 10.2 Å². The fourth-order valence-electron chi connectivity index (χ4n) is 3.01. The molecule has 0 spiro atoms. The van der Waals surface area contributed by atoms with E-state index in [0.717, 1.165) is 17.7 Å². The van der Waals surface area contributed by atoms with Crippen molar-refractivity contribution in [2.24, 2.45) is 0 Å². The average Bonchev–Trinajstić information content (AvgIpc) is 3.10. The lowest BCUT2D eigenvalue weighted by molar-refractivity contribution is -0.384. The van der Waals surface area contributed by atoms with Gasteiger partial charge in [-0.25, -0.2) is 0 Å². The highest BCUT2D eigenvalue weighted by Crippen LogP contribution is 2.27. The average molecular weight is 367 g/mol. The number of amides is 2. The van der Waals surface area contributed by atoms with Gasteiger partial charge in [0.05, 0.1) is 4.92 Å². The number of benzene rings is 2. The van der Waals surface area contributed by atoms with Crippen molar-refractivity contribution in [3.63, 3.8) is 0 Å². The van der Waals surface area contributed by atoms with Crippen LogP contribution in [-0.4, -0.2) is 36.1 Å². The zero-order chi connectivity index (χ0) is 19.4. The second-order valence-corrected chi connectivity index (χ2v) is 6.13. The van der Waals surface area contributed by atoms with Gasteiger partial charge in [0.2, 0.25) is 6.41 Å². The molecule has 2 aromatic carbocycles. The van der Waals surface area contributed by atoms with Crippen molar-refractivity contribution in [2.75, 3.05) is 18.0 Å².